The summed E-state index contributed by atoms with van der Waals surface area (Å²) >= 11 is 0. The highest BCUT2D eigenvalue weighted by molar-refractivity contribution is 4.89. The summed E-state index contributed by atoms with van der Waals surface area (Å²) in [5.74, 6) is 0.908. The minimum absolute atomic E-state index is 0.556. The minimum Gasteiger partial charge on any atom is -0.375 e. The fourth-order valence-corrected chi connectivity index (χ4v) is 3.21. The number of hydrogen-bond donors (Lipinski definition) is 1. The number of rotatable bonds is 2. The molecule has 0 aromatic carbocycles. The van der Waals surface area contributed by atoms with Gasteiger partial charge in [0.25, 0.3) is 0 Å². The molecule has 1 N–H and O–H groups in total. The van der Waals surface area contributed by atoms with Gasteiger partial charge in [-0.2, -0.15) is 0 Å². The molecule has 0 amide bonds. The standard InChI is InChI=1S/C12H22N2O/c1-2-4-12-11(3-1)14(5-6-15-12)9-10-7-13-8-10/h10-13H,1-9H2. The van der Waals surface area contributed by atoms with Gasteiger partial charge in [0.1, 0.15) is 0 Å². The largest absolute Gasteiger partial charge is 0.375 e. The molecule has 2 saturated heterocycles. The van der Waals surface area contributed by atoms with E-state index in [1.165, 1.54) is 45.3 Å². The lowest BCUT2D eigenvalue weighted by Gasteiger charge is -2.46. The van der Waals surface area contributed by atoms with Crippen LogP contribution < -0.4 is 5.32 Å². The lowest BCUT2D eigenvalue weighted by Crippen LogP contribution is -2.57. The van der Waals surface area contributed by atoms with E-state index < -0.39 is 0 Å². The first-order chi connectivity index (χ1) is 7.43. The van der Waals surface area contributed by atoms with E-state index in [2.05, 4.69) is 10.2 Å². The second-order valence-corrected chi connectivity index (χ2v) is 5.28. The Hall–Kier alpha value is -0.120. The molecule has 3 heteroatoms. The molecule has 1 saturated carbocycles. The fraction of sp³-hybridized carbons (Fsp3) is 1.00. The molecule has 3 rings (SSSR count). The molecule has 2 atom stereocenters. The minimum atomic E-state index is 0.556. The molecule has 1 aliphatic carbocycles. The van der Waals surface area contributed by atoms with Crippen LogP contribution in [0.3, 0.4) is 0 Å². The highest BCUT2D eigenvalue weighted by Gasteiger charge is 2.35. The van der Waals surface area contributed by atoms with Crippen molar-refractivity contribution >= 4 is 0 Å². The highest BCUT2D eigenvalue weighted by Crippen LogP contribution is 2.29. The Morgan fingerprint density at radius 3 is 2.87 bits per heavy atom. The first-order valence-corrected chi connectivity index (χ1v) is 6.50. The molecule has 2 heterocycles. The number of nitrogens with zero attached hydrogens (tertiary/aromatic N) is 1. The van der Waals surface area contributed by atoms with Crippen LogP contribution in [-0.4, -0.2) is 49.8 Å². The van der Waals surface area contributed by atoms with Crippen LogP contribution in [0.1, 0.15) is 25.7 Å². The van der Waals surface area contributed by atoms with E-state index >= 15 is 0 Å². The molecular weight excluding hydrogens is 188 g/mol. The molecular formula is C12H22N2O. The maximum absolute atomic E-state index is 5.89. The molecule has 0 bridgehead atoms. The lowest BCUT2D eigenvalue weighted by atomic mass is 9.89. The highest BCUT2D eigenvalue weighted by atomic mass is 16.5. The molecule has 0 spiro atoms. The van der Waals surface area contributed by atoms with E-state index in [9.17, 15) is 0 Å². The van der Waals surface area contributed by atoms with Gasteiger partial charge in [0.15, 0.2) is 0 Å². The summed E-state index contributed by atoms with van der Waals surface area (Å²) in [6.07, 6.45) is 6.00. The smallest absolute Gasteiger partial charge is 0.0730 e. The number of nitrogens with one attached hydrogen (secondary N) is 1. The lowest BCUT2D eigenvalue weighted by molar-refractivity contribution is -0.0935. The van der Waals surface area contributed by atoms with Crippen LogP contribution in [0.5, 0.6) is 0 Å². The van der Waals surface area contributed by atoms with Crippen LogP contribution in [-0.2, 0) is 4.74 Å². The summed E-state index contributed by atoms with van der Waals surface area (Å²) in [5, 5.41) is 3.36. The number of hydrogen-bond acceptors (Lipinski definition) is 3. The predicted molar refractivity (Wildman–Crippen MR) is 59.9 cm³/mol. The van der Waals surface area contributed by atoms with Crippen molar-refractivity contribution < 1.29 is 4.74 Å². The first-order valence-electron chi connectivity index (χ1n) is 6.50. The molecule has 15 heavy (non-hydrogen) atoms. The van der Waals surface area contributed by atoms with Crippen LogP contribution in [0.2, 0.25) is 0 Å². The first kappa shape index (κ1) is 10.1. The van der Waals surface area contributed by atoms with Crippen molar-refractivity contribution in [3.8, 4) is 0 Å². The van der Waals surface area contributed by atoms with Gasteiger partial charge in [-0.15, -0.1) is 0 Å². The van der Waals surface area contributed by atoms with Gasteiger partial charge in [-0.3, -0.25) is 4.90 Å². The van der Waals surface area contributed by atoms with E-state index in [0.717, 1.165) is 25.1 Å². The van der Waals surface area contributed by atoms with Gasteiger partial charge in [0.2, 0.25) is 0 Å². The Morgan fingerprint density at radius 2 is 2.07 bits per heavy atom. The molecule has 0 radical (unpaired) electrons. The van der Waals surface area contributed by atoms with Crippen molar-refractivity contribution in [2.75, 3.05) is 32.8 Å². The van der Waals surface area contributed by atoms with E-state index in [1.807, 2.05) is 0 Å². The Morgan fingerprint density at radius 1 is 1.20 bits per heavy atom. The Kier molecular flexibility index (Phi) is 2.95. The van der Waals surface area contributed by atoms with Crippen molar-refractivity contribution in [1.29, 1.82) is 0 Å². The maximum Gasteiger partial charge on any atom is 0.0730 e. The fourth-order valence-electron chi connectivity index (χ4n) is 3.21. The quantitative estimate of drug-likeness (QED) is 0.731. The van der Waals surface area contributed by atoms with Gasteiger partial charge in [0.05, 0.1) is 12.7 Å². The third-order valence-electron chi connectivity index (χ3n) is 4.21. The zero-order valence-corrected chi connectivity index (χ0v) is 9.45. The third kappa shape index (κ3) is 2.05. The zero-order chi connectivity index (χ0) is 10.1. The molecule has 2 unspecified atom stereocenters. The van der Waals surface area contributed by atoms with Crippen LogP contribution in [0.25, 0.3) is 0 Å². The van der Waals surface area contributed by atoms with Crippen LogP contribution in [0.4, 0.5) is 0 Å². The average molecular weight is 210 g/mol. The monoisotopic (exact) mass is 210 g/mol. The maximum atomic E-state index is 5.89. The summed E-state index contributed by atoms with van der Waals surface area (Å²) in [7, 11) is 0. The van der Waals surface area contributed by atoms with E-state index in [1.54, 1.807) is 0 Å². The Bertz CT molecular complexity index is 216. The van der Waals surface area contributed by atoms with Gasteiger partial charge < -0.3 is 10.1 Å². The molecule has 3 nitrogen and oxygen atoms in total. The summed E-state index contributed by atoms with van der Waals surface area (Å²) in [6.45, 7) is 5.89. The summed E-state index contributed by atoms with van der Waals surface area (Å²) in [4.78, 5) is 2.71. The molecule has 3 fully saturated rings. The third-order valence-corrected chi connectivity index (χ3v) is 4.21. The zero-order valence-electron chi connectivity index (χ0n) is 9.45. The van der Waals surface area contributed by atoms with Gasteiger partial charge in [-0.25, -0.2) is 0 Å². The van der Waals surface area contributed by atoms with Crippen molar-refractivity contribution in [2.45, 2.75) is 37.8 Å². The number of fused-ring (bicyclic) bond motifs is 1. The second-order valence-electron chi connectivity index (χ2n) is 5.28. The van der Waals surface area contributed by atoms with Crippen LogP contribution in [0.15, 0.2) is 0 Å². The van der Waals surface area contributed by atoms with E-state index in [4.69, 9.17) is 4.74 Å². The predicted octanol–water partition coefficient (Wildman–Crippen LogP) is 0.849. The van der Waals surface area contributed by atoms with Crippen LogP contribution in [0, 0.1) is 5.92 Å². The number of ether oxygens (including phenoxy) is 1. The van der Waals surface area contributed by atoms with Gasteiger partial charge in [0, 0.05) is 32.2 Å². The topological polar surface area (TPSA) is 24.5 Å². The number of morpholine rings is 1. The normalized spacial score (nSPS) is 38.4. The summed E-state index contributed by atoms with van der Waals surface area (Å²) in [6, 6.07) is 0.744. The van der Waals surface area contributed by atoms with Crippen molar-refractivity contribution in [3.05, 3.63) is 0 Å². The summed E-state index contributed by atoms with van der Waals surface area (Å²) in [5.41, 5.74) is 0. The van der Waals surface area contributed by atoms with Crippen LogP contribution >= 0.6 is 0 Å². The second kappa shape index (κ2) is 4.40. The van der Waals surface area contributed by atoms with Gasteiger partial charge >= 0.3 is 0 Å². The molecule has 0 aromatic rings. The van der Waals surface area contributed by atoms with Gasteiger partial charge in [-0.05, 0) is 18.8 Å². The van der Waals surface area contributed by atoms with E-state index in [0.29, 0.717) is 6.10 Å². The average Bonchev–Trinajstić information content (AvgIpc) is 2.23. The molecule has 2 aliphatic heterocycles. The molecule has 86 valence electrons. The Labute approximate surface area is 92.2 Å². The van der Waals surface area contributed by atoms with Gasteiger partial charge in [-0.1, -0.05) is 12.8 Å². The SMILES string of the molecule is C1CCC2C(C1)OCCN2CC1CNC1. The summed E-state index contributed by atoms with van der Waals surface area (Å²) < 4.78 is 5.89. The Balaban J connectivity index is 1.59. The molecule has 3 aliphatic rings. The van der Waals surface area contributed by atoms with Crippen molar-refractivity contribution in [1.82, 2.24) is 10.2 Å². The van der Waals surface area contributed by atoms with E-state index in [-0.39, 0.29) is 0 Å². The van der Waals surface area contributed by atoms with Crippen molar-refractivity contribution in [3.63, 3.8) is 0 Å². The van der Waals surface area contributed by atoms with Crippen molar-refractivity contribution in [2.24, 2.45) is 5.92 Å². The molecule has 0 aromatic heterocycles.